The van der Waals surface area contributed by atoms with Crippen LogP contribution in [-0.2, 0) is 4.79 Å². The maximum absolute atomic E-state index is 11.2. The molecule has 0 aromatic heterocycles. The van der Waals surface area contributed by atoms with E-state index >= 15 is 0 Å². The van der Waals surface area contributed by atoms with Crippen LogP contribution >= 0.6 is 0 Å². The molecule has 0 aromatic carbocycles. The van der Waals surface area contributed by atoms with Crippen LogP contribution in [0.1, 0.15) is 26.2 Å². The molecule has 1 fully saturated rings. The van der Waals surface area contributed by atoms with Crippen LogP contribution in [0.15, 0.2) is 0 Å². The Morgan fingerprint density at radius 1 is 1.67 bits per heavy atom. The molecule has 1 aliphatic heterocycles. The number of likely N-dealkylation sites (tertiary alicyclic amines) is 1. The highest BCUT2D eigenvalue weighted by Crippen LogP contribution is 2.06. The number of nitrogens with one attached hydrogen (secondary N) is 1. The topological polar surface area (TPSA) is 32.3 Å². The Bertz CT molecular complexity index is 159. The van der Waals surface area contributed by atoms with E-state index in [1.54, 1.807) is 0 Å². The first kappa shape index (κ1) is 9.52. The third kappa shape index (κ3) is 2.81. The van der Waals surface area contributed by atoms with Crippen LogP contribution in [-0.4, -0.2) is 37.0 Å². The van der Waals surface area contributed by atoms with Gasteiger partial charge in [-0.05, 0) is 26.4 Å². The Kier molecular flexibility index (Phi) is 3.53. The average Bonchev–Trinajstić information content (AvgIpc) is 2.36. The lowest BCUT2D eigenvalue weighted by atomic mass is 10.2. The van der Waals surface area contributed by atoms with E-state index in [-0.39, 0.29) is 5.91 Å². The summed E-state index contributed by atoms with van der Waals surface area (Å²) in [4.78, 5) is 13.4. The number of likely N-dealkylation sites (N-methyl/N-ethyl adjacent to an activating group) is 1. The number of amides is 1. The summed E-state index contributed by atoms with van der Waals surface area (Å²) in [7, 11) is 2.09. The van der Waals surface area contributed by atoms with Crippen molar-refractivity contribution in [2.24, 2.45) is 0 Å². The maximum atomic E-state index is 11.2. The van der Waals surface area contributed by atoms with Gasteiger partial charge in [0.15, 0.2) is 0 Å². The molecule has 1 aliphatic rings. The molecule has 0 spiro atoms. The molecule has 1 rings (SSSR count). The zero-order valence-corrected chi connectivity index (χ0v) is 7.97. The predicted molar refractivity (Wildman–Crippen MR) is 49.0 cm³/mol. The summed E-state index contributed by atoms with van der Waals surface area (Å²) in [5.41, 5.74) is 0. The minimum atomic E-state index is 0.206. The number of hydrogen-bond donors (Lipinski definition) is 1. The fourth-order valence-electron chi connectivity index (χ4n) is 1.58. The summed E-state index contributed by atoms with van der Waals surface area (Å²) in [5.74, 6) is 0.206. The second-order valence-electron chi connectivity index (χ2n) is 3.57. The highest BCUT2D eigenvalue weighted by Gasteiger charge is 2.20. The molecule has 12 heavy (non-hydrogen) atoms. The molecule has 1 atom stereocenters. The summed E-state index contributed by atoms with van der Waals surface area (Å²) in [6.45, 7) is 4.15. The Hall–Kier alpha value is -0.570. The maximum Gasteiger partial charge on any atom is 0.220 e. The summed E-state index contributed by atoms with van der Waals surface area (Å²) in [5, 5.41) is 3.03. The normalized spacial score (nSPS) is 24.3. The van der Waals surface area contributed by atoms with Crippen molar-refractivity contribution in [1.82, 2.24) is 10.2 Å². The Labute approximate surface area is 74.1 Å². The number of rotatable bonds is 3. The summed E-state index contributed by atoms with van der Waals surface area (Å²) in [6, 6.07) is 0.397. The molecule has 3 heteroatoms. The highest BCUT2D eigenvalue weighted by atomic mass is 16.1. The largest absolute Gasteiger partial charge is 0.352 e. The van der Waals surface area contributed by atoms with Gasteiger partial charge in [0.25, 0.3) is 0 Å². The zero-order chi connectivity index (χ0) is 8.97. The van der Waals surface area contributed by atoms with E-state index < -0.39 is 0 Å². The van der Waals surface area contributed by atoms with Crippen molar-refractivity contribution in [2.75, 3.05) is 20.1 Å². The lowest BCUT2D eigenvalue weighted by molar-refractivity contribution is -0.121. The molecule has 0 saturated carbocycles. The van der Waals surface area contributed by atoms with Gasteiger partial charge >= 0.3 is 0 Å². The number of carbonyl (C=O) groups excluding carboxylic acids is 1. The molecular weight excluding hydrogens is 152 g/mol. The molecule has 0 aliphatic carbocycles. The van der Waals surface area contributed by atoms with Crippen LogP contribution in [0.25, 0.3) is 0 Å². The SMILES string of the molecule is CCCC(=O)NC1CCN(C)C1. The van der Waals surface area contributed by atoms with Crippen molar-refractivity contribution in [2.45, 2.75) is 32.2 Å². The monoisotopic (exact) mass is 170 g/mol. The van der Waals surface area contributed by atoms with E-state index in [1.807, 2.05) is 6.92 Å². The molecule has 3 nitrogen and oxygen atoms in total. The van der Waals surface area contributed by atoms with Gasteiger partial charge in [0.2, 0.25) is 5.91 Å². The van der Waals surface area contributed by atoms with E-state index in [4.69, 9.17) is 0 Å². The quantitative estimate of drug-likeness (QED) is 0.673. The minimum absolute atomic E-state index is 0.206. The van der Waals surface area contributed by atoms with Crippen molar-refractivity contribution in [3.63, 3.8) is 0 Å². The van der Waals surface area contributed by atoms with Crippen LogP contribution in [0.4, 0.5) is 0 Å². The fourth-order valence-corrected chi connectivity index (χ4v) is 1.58. The molecule has 70 valence electrons. The van der Waals surface area contributed by atoms with Crippen molar-refractivity contribution in [3.05, 3.63) is 0 Å². The van der Waals surface area contributed by atoms with Gasteiger partial charge in [0.1, 0.15) is 0 Å². The smallest absolute Gasteiger partial charge is 0.220 e. The minimum Gasteiger partial charge on any atom is -0.352 e. The van der Waals surface area contributed by atoms with Crippen LogP contribution in [0.3, 0.4) is 0 Å². The predicted octanol–water partition coefficient (Wildman–Crippen LogP) is 0.607. The molecule has 1 amide bonds. The van der Waals surface area contributed by atoms with Gasteiger partial charge in [-0.3, -0.25) is 4.79 Å². The molecule has 0 aromatic rings. The summed E-state index contributed by atoms with van der Waals surface area (Å²) in [6.07, 6.45) is 2.71. The van der Waals surface area contributed by atoms with Gasteiger partial charge in [0, 0.05) is 19.0 Å². The highest BCUT2D eigenvalue weighted by molar-refractivity contribution is 5.76. The molecule has 0 bridgehead atoms. The Morgan fingerprint density at radius 3 is 2.92 bits per heavy atom. The van der Waals surface area contributed by atoms with Crippen molar-refractivity contribution >= 4 is 5.91 Å². The standard InChI is InChI=1S/C9H18N2O/c1-3-4-9(12)10-8-5-6-11(2)7-8/h8H,3-7H2,1-2H3,(H,10,12). The zero-order valence-electron chi connectivity index (χ0n) is 7.97. The van der Waals surface area contributed by atoms with Gasteiger partial charge in [-0.2, -0.15) is 0 Å². The van der Waals surface area contributed by atoms with Crippen LogP contribution < -0.4 is 5.32 Å². The van der Waals surface area contributed by atoms with Crippen molar-refractivity contribution in [1.29, 1.82) is 0 Å². The van der Waals surface area contributed by atoms with E-state index in [9.17, 15) is 4.79 Å². The van der Waals surface area contributed by atoms with Gasteiger partial charge in [-0.15, -0.1) is 0 Å². The molecular formula is C9H18N2O. The first-order valence-corrected chi connectivity index (χ1v) is 4.70. The second-order valence-corrected chi connectivity index (χ2v) is 3.57. The summed E-state index contributed by atoms with van der Waals surface area (Å²) >= 11 is 0. The van der Waals surface area contributed by atoms with E-state index in [0.717, 1.165) is 25.9 Å². The Morgan fingerprint density at radius 2 is 2.42 bits per heavy atom. The molecule has 1 N–H and O–H groups in total. The van der Waals surface area contributed by atoms with Crippen LogP contribution in [0.2, 0.25) is 0 Å². The Balaban J connectivity index is 2.18. The van der Waals surface area contributed by atoms with Crippen LogP contribution in [0, 0.1) is 0 Å². The molecule has 1 saturated heterocycles. The van der Waals surface area contributed by atoms with E-state index in [1.165, 1.54) is 0 Å². The van der Waals surface area contributed by atoms with Crippen molar-refractivity contribution in [3.8, 4) is 0 Å². The molecule has 1 heterocycles. The van der Waals surface area contributed by atoms with Gasteiger partial charge in [-0.25, -0.2) is 0 Å². The first-order valence-electron chi connectivity index (χ1n) is 4.70. The summed E-state index contributed by atoms with van der Waals surface area (Å²) < 4.78 is 0. The van der Waals surface area contributed by atoms with Gasteiger partial charge < -0.3 is 10.2 Å². The first-order chi connectivity index (χ1) is 5.72. The number of hydrogen-bond acceptors (Lipinski definition) is 2. The van der Waals surface area contributed by atoms with Gasteiger partial charge in [0.05, 0.1) is 0 Å². The lowest BCUT2D eigenvalue weighted by Gasteiger charge is -2.11. The number of carbonyl (C=O) groups is 1. The third-order valence-corrected chi connectivity index (χ3v) is 2.23. The molecule has 1 unspecified atom stereocenters. The lowest BCUT2D eigenvalue weighted by Crippen LogP contribution is -2.36. The second kappa shape index (κ2) is 4.45. The van der Waals surface area contributed by atoms with E-state index in [2.05, 4.69) is 17.3 Å². The van der Waals surface area contributed by atoms with Crippen LogP contribution in [0.5, 0.6) is 0 Å². The van der Waals surface area contributed by atoms with E-state index in [0.29, 0.717) is 12.5 Å². The fraction of sp³-hybridized carbons (Fsp3) is 0.889. The number of nitrogens with zero attached hydrogens (tertiary/aromatic N) is 1. The third-order valence-electron chi connectivity index (χ3n) is 2.23. The van der Waals surface area contributed by atoms with Crippen molar-refractivity contribution < 1.29 is 4.79 Å². The molecule has 0 radical (unpaired) electrons. The van der Waals surface area contributed by atoms with Gasteiger partial charge in [-0.1, -0.05) is 6.92 Å². The average molecular weight is 170 g/mol.